The first-order valence-corrected chi connectivity index (χ1v) is 10.1. The highest BCUT2D eigenvalue weighted by Gasteiger charge is 2.30. The van der Waals surface area contributed by atoms with Gasteiger partial charge in [0, 0.05) is 5.02 Å². The molecule has 3 aromatic carbocycles. The van der Waals surface area contributed by atoms with Gasteiger partial charge in [0.2, 0.25) is 0 Å². The Morgan fingerprint density at radius 3 is 2.00 bits per heavy atom. The lowest BCUT2D eigenvalue weighted by atomic mass is 10.1. The zero-order valence-corrected chi connectivity index (χ0v) is 16.2. The third kappa shape index (κ3) is 3.76. The lowest BCUT2D eigenvalue weighted by Gasteiger charge is -2.31. The molecule has 0 aliphatic heterocycles. The van der Waals surface area contributed by atoms with Gasteiger partial charge in [-0.2, -0.15) is 0 Å². The van der Waals surface area contributed by atoms with Crippen molar-refractivity contribution in [1.82, 2.24) is 0 Å². The summed E-state index contributed by atoms with van der Waals surface area (Å²) >= 11 is 5.92. The van der Waals surface area contributed by atoms with E-state index in [9.17, 15) is 8.42 Å². The van der Waals surface area contributed by atoms with Crippen LogP contribution < -0.4 is 4.31 Å². The molecule has 0 saturated heterocycles. The van der Waals surface area contributed by atoms with E-state index >= 15 is 0 Å². The molecule has 0 fully saturated rings. The largest absolute Gasteiger partial charge is 0.264 e. The SMILES string of the molecule is Cc1ccc(C(C)N(c2ccccc2)S(=O)(=O)c2ccc(Cl)cc2)cc1. The van der Waals surface area contributed by atoms with Gasteiger partial charge in [0.1, 0.15) is 0 Å². The van der Waals surface area contributed by atoms with Crippen LogP contribution in [0.25, 0.3) is 0 Å². The predicted molar refractivity (Wildman–Crippen MR) is 107 cm³/mol. The highest BCUT2D eigenvalue weighted by Crippen LogP contribution is 2.33. The van der Waals surface area contributed by atoms with E-state index in [1.807, 2.05) is 56.3 Å². The Kier molecular flexibility index (Phi) is 5.35. The maximum absolute atomic E-state index is 13.4. The first-order chi connectivity index (χ1) is 12.4. The molecule has 3 aromatic rings. The average Bonchev–Trinajstić information content (AvgIpc) is 2.63. The summed E-state index contributed by atoms with van der Waals surface area (Å²) < 4.78 is 28.3. The molecule has 0 aliphatic rings. The van der Waals surface area contributed by atoms with Gasteiger partial charge in [0.15, 0.2) is 0 Å². The molecular formula is C21H20ClNO2S. The third-order valence-corrected chi connectivity index (χ3v) is 6.46. The fourth-order valence-electron chi connectivity index (χ4n) is 2.85. The third-order valence-electron chi connectivity index (χ3n) is 4.29. The standard InChI is InChI=1S/C21H20ClNO2S/c1-16-8-10-18(11-9-16)17(2)23(20-6-4-3-5-7-20)26(24,25)21-14-12-19(22)13-15-21/h3-15,17H,1-2H3. The fourth-order valence-corrected chi connectivity index (χ4v) is 4.62. The Balaban J connectivity index is 2.12. The number of aryl methyl sites for hydroxylation is 1. The monoisotopic (exact) mass is 385 g/mol. The minimum Gasteiger partial charge on any atom is -0.259 e. The molecule has 0 heterocycles. The highest BCUT2D eigenvalue weighted by molar-refractivity contribution is 7.92. The number of anilines is 1. The van der Waals surface area contributed by atoms with Gasteiger partial charge in [-0.05, 0) is 55.8 Å². The molecule has 3 nitrogen and oxygen atoms in total. The van der Waals surface area contributed by atoms with E-state index < -0.39 is 10.0 Å². The van der Waals surface area contributed by atoms with Crippen molar-refractivity contribution in [3.05, 3.63) is 95.0 Å². The Hall–Kier alpha value is -2.30. The van der Waals surface area contributed by atoms with E-state index in [4.69, 9.17) is 11.6 Å². The molecule has 0 N–H and O–H groups in total. The van der Waals surface area contributed by atoms with E-state index in [0.29, 0.717) is 10.7 Å². The summed E-state index contributed by atoms with van der Waals surface area (Å²) in [6.45, 7) is 3.90. The van der Waals surface area contributed by atoms with Crippen molar-refractivity contribution in [2.24, 2.45) is 0 Å². The zero-order chi connectivity index (χ0) is 18.7. The normalized spacial score (nSPS) is 12.6. The first kappa shape index (κ1) is 18.5. The molecule has 0 saturated carbocycles. The highest BCUT2D eigenvalue weighted by atomic mass is 35.5. The molecule has 26 heavy (non-hydrogen) atoms. The van der Waals surface area contributed by atoms with Gasteiger partial charge < -0.3 is 0 Å². The topological polar surface area (TPSA) is 37.4 Å². The maximum Gasteiger partial charge on any atom is 0.264 e. The summed E-state index contributed by atoms with van der Waals surface area (Å²) in [7, 11) is -3.75. The molecule has 0 amide bonds. The lowest BCUT2D eigenvalue weighted by Crippen LogP contribution is -2.33. The van der Waals surface area contributed by atoms with Crippen LogP contribution in [0.4, 0.5) is 5.69 Å². The van der Waals surface area contributed by atoms with Gasteiger partial charge in [0.05, 0.1) is 16.6 Å². The van der Waals surface area contributed by atoms with E-state index in [0.717, 1.165) is 11.1 Å². The number of rotatable bonds is 5. The number of halogens is 1. The first-order valence-electron chi connectivity index (χ1n) is 8.31. The van der Waals surface area contributed by atoms with E-state index in [-0.39, 0.29) is 10.9 Å². The minimum absolute atomic E-state index is 0.213. The van der Waals surface area contributed by atoms with Crippen molar-refractivity contribution < 1.29 is 8.42 Å². The van der Waals surface area contributed by atoms with Gasteiger partial charge in [-0.1, -0.05) is 59.6 Å². The van der Waals surface area contributed by atoms with E-state index in [2.05, 4.69) is 0 Å². The Morgan fingerprint density at radius 2 is 1.42 bits per heavy atom. The predicted octanol–water partition coefficient (Wildman–Crippen LogP) is 5.60. The molecular weight excluding hydrogens is 366 g/mol. The van der Waals surface area contributed by atoms with E-state index in [1.165, 1.54) is 16.4 Å². The molecule has 134 valence electrons. The summed E-state index contributed by atoms with van der Waals surface area (Å²) in [6, 6.07) is 23.0. The van der Waals surface area contributed by atoms with Crippen LogP contribution in [0, 0.1) is 6.92 Å². The number of benzene rings is 3. The number of hydrogen-bond acceptors (Lipinski definition) is 2. The average molecular weight is 386 g/mol. The quantitative estimate of drug-likeness (QED) is 0.572. The van der Waals surface area contributed by atoms with Crippen LogP contribution >= 0.6 is 11.6 Å². The molecule has 3 rings (SSSR count). The van der Waals surface area contributed by atoms with Gasteiger partial charge in [-0.3, -0.25) is 4.31 Å². The van der Waals surface area contributed by atoms with Crippen molar-refractivity contribution in [2.45, 2.75) is 24.8 Å². The lowest BCUT2D eigenvalue weighted by molar-refractivity contribution is 0.583. The van der Waals surface area contributed by atoms with Gasteiger partial charge >= 0.3 is 0 Å². The van der Waals surface area contributed by atoms with Crippen LogP contribution in [-0.2, 0) is 10.0 Å². The van der Waals surface area contributed by atoms with Crippen LogP contribution in [0.2, 0.25) is 5.02 Å². The van der Waals surface area contributed by atoms with Crippen molar-refractivity contribution >= 4 is 27.3 Å². The van der Waals surface area contributed by atoms with Gasteiger partial charge in [-0.15, -0.1) is 0 Å². The van der Waals surface area contributed by atoms with Crippen molar-refractivity contribution in [3.63, 3.8) is 0 Å². The van der Waals surface area contributed by atoms with Gasteiger partial charge in [-0.25, -0.2) is 8.42 Å². The second kappa shape index (κ2) is 7.52. The van der Waals surface area contributed by atoms with Crippen molar-refractivity contribution in [2.75, 3.05) is 4.31 Å². The Morgan fingerprint density at radius 1 is 0.846 bits per heavy atom. The molecule has 0 radical (unpaired) electrons. The zero-order valence-electron chi connectivity index (χ0n) is 14.6. The minimum atomic E-state index is -3.75. The number of nitrogens with zero attached hydrogens (tertiary/aromatic N) is 1. The Bertz CT molecular complexity index is 969. The van der Waals surface area contributed by atoms with E-state index in [1.54, 1.807) is 24.3 Å². The smallest absolute Gasteiger partial charge is 0.259 e. The summed E-state index contributed by atoms with van der Waals surface area (Å²) in [4.78, 5) is 0.213. The summed E-state index contributed by atoms with van der Waals surface area (Å²) in [5, 5.41) is 0.502. The second-order valence-electron chi connectivity index (χ2n) is 6.18. The van der Waals surface area contributed by atoms with Gasteiger partial charge in [0.25, 0.3) is 10.0 Å². The van der Waals surface area contributed by atoms with Crippen LogP contribution in [0.5, 0.6) is 0 Å². The maximum atomic E-state index is 13.4. The van der Waals surface area contributed by atoms with Crippen LogP contribution in [0.1, 0.15) is 24.1 Å². The Labute approximate surface area is 159 Å². The molecule has 1 atom stereocenters. The number of hydrogen-bond donors (Lipinski definition) is 0. The second-order valence-corrected chi connectivity index (χ2v) is 8.43. The van der Waals surface area contributed by atoms with Crippen LogP contribution in [-0.4, -0.2) is 8.42 Å². The van der Waals surface area contributed by atoms with Crippen LogP contribution in [0.3, 0.4) is 0 Å². The molecule has 0 bridgehead atoms. The number of para-hydroxylation sites is 1. The van der Waals surface area contributed by atoms with Crippen molar-refractivity contribution in [3.8, 4) is 0 Å². The fraction of sp³-hybridized carbons (Fsp3) is 0.143. The van der Waals surface area contributed by atoms with Crippen LogP contribution in [0.15, 0.2) is 83.8 Å². The number of sulfonamides is 1. The molecule has 0 aromatic heterocycles. The van der Waals surface area contributed by atoms with Crippen molar-refractivity contribution in [1.29, 1.82) is 0 Å². The molecule has 0 aliphatic carbocycles. The summed E-state index contributed by atoms with van der Waals surface area (Å²) in [6.07, 6.45) is 0. The molecule has 1 unspecified atom stereocenters. The summed E-state index contributed by atoms with van der Waals surface area (Å²) in [5.41, 5.74) is 2.68. The molecule has 5 heteroatoms. The summed E-state index contributed by atoms with van der Waals surface area (Å²) in [5.74, 6) is 0. The molecule has 0 spiro atoms.